The fourth-order valence-electron chi connectivity index (χ4n) is 2.57. The van der Waals surface area contributed by atoms with Gasteiger partial charge >= 0.3 is 5.84 Å². The van der Waals surface area contributed by atoms with Crippen LogP contribution >= 0.6 is 0 Å². The molecule has 0 aliphatic carbocycles. The third kappa shape index (κ3) is 2.41. The number of nitrogens with two attached hydrogens (primary N) is 1. The number of nitrogens with one attached hydrogen (secondary N) is 1. The average Bonchev–Trinajstić information content (AvgIpc) is 3.19. The maximum absolute atomic E-state index is 14.2. The third-order valence-corrected chi connectivity index (χ3v) is 3.71. The lowest BCUT2D eigenvalue weighted by Gasteiger charge is -2.07. The Bertz CT molecular complexity index is 1070. The highest BCUT2D eigenvalue weighted by Gasteiger charge is 2.22. The molecule has 0 amide bonds. The van der Waals surface area contributed by atoms with Gasteiger partial charge in [0, 0.05) is 29.6 Å². The van der Waals surface area contributed by atoms with Gasteiger partial charge in [0.2, 0.25) is 0 Å². The maximum atomic E-state index is 14.2. The Morgan fingerprint density at radius 3 is 2.60 bits per heavy atom. The van der Waals surface area contributed by atoms with Crippen LogP contribution in [0.3, 0.4) is 0 Å². The van der Waals surface area contributed by atoms with Gasteiger partial charge < -0.3 is 9.84 Å². The summed E-state index contributed by atoms with van der Waals surface area (Å²) in [5.74, 6) is 2.51. The minimum absolute atomic E-state index is 0.103. The molecule has 25 heavy (non-hydrogen) atoms. The summed E-state index contributed by atoms with van der Waals surface area (Å²) in [6, 6.07) is 4.54. The van der Waals surface area contributed by atoms with Crippen LogP contribution in [0, 0.1) is 17.5 Å². The van der Waals surface area contributed by atoms with E-state index in [9.17, 15) is 13.2 Å². The molecular formula is C16H10F3N5O. The lowest BCUT2D eigenvalue weighted by atomic mass is 10.1. The van der Waals surface area contributed by atoms with Crippen molar-refractivity contribution in [2.45, 2.75) is 0 Å². The van der Waals surface area contributed by atoms with Crippen LogP contribution in [0.2, 0.25) is 0 Å². The molecule has 9 heteroatoms. The van der Waals surface area contributed by atoms with Crippen molar-refractivity contribution in [3.05, 3.63) is 60.4 Å². The topological polar surface area (TPSA) is 81.4 Å². The third-order valence-electron chi connectivity index (χ3n) is 3.71. The van der Waals surface area contributed by atoms with E-state index in [1.54, 1.807) is 22.7 Å². The zero-order valence-electron chi connectivity index (χ0n) is 12.5. The van der Waals surface area contributed by atoms with Gasteiger partial charge in [0.05, 0.1) is 5.69 Å². The Morgan fingerprint density at radius 1 is 1.08 bits per heavy atom. The summed E-state index contributed by atoms with van der Waals surface area (Å²) in [6.45, 7) is 0. The zero-order valence-corrected chi connectivity index (χ0v) is 12.5. The SMILES string of the molecule is NNc1ccc(-c2c(-c3cc(F)c(F)cc3F)nc3occn23)cn1. The number of aromatic nitrogens is 3. The highest BCUT2D eigenvalue weighted by Crippen LogP contribution is 2.35. The van der Waals surface area contributed by atoms with E-state index in [4.69, 9.17) is 10.3 Å². The van der Waals surface area contributed by atoms with Gasteiger partial charge in [0.25, 0.3) is 0 Å². The van der Waals surface area contributed by atoms with E-state index >= 15 is 0 Å². The molecule has 0 saturated heterocycles. The summed E-state index contributed by atoms with van der Waals surface area (Å²) >= 11 is 0. The second-order valence-corrected chi connectivity index (χ2v) is 5.19. The van der Waals surface area contributed by atoms with Gasteiger partial charge in [-0.2, -0.15) is 4.98 Å². The van der Waals surface area contributed by atoms with Gasteiger partial charge in [0.1, 0.15) is 23.6 Å². The van der Waals surface area contributed by atoms with E-state index < -0.39 is 17.5 Å². The van der Waals surface area contributed by atoms with E-state index in [2.05, 4.69) is 15.4 Å². The van der Waals surface area contributed by atoms with Crippen molar-refractivity contribution in [1.29, 1.82) is 0 Å². The monoisotopic (exact) mass is 345 g/mol. The van der Waals surface area contributed by atoms with Crippen molar-refractivity contribution in [3.63, 3.8) is 0 Å². The van der Waals surface area contributed by atoms with Gasteiger partial charge in [-0.25, -0.2) is 24.0 Å². The van der Waals surface area contributed by atoms with Crippen LogP contribution in [0.25, 0.3) is 28.4 Å². The molecule has 1 aromatic carbocycles. The van der Waals surface area contributed by atoms with Crippen LogP contribution in [0.1, 0.15) is 0 Å². The van der Waals surface area contributed by atoms with E-state index in [-0.39, 0.29) is 17.1 Å². The van der Waals surface area contributed by atoms with Gasteiger partial charge in [-0.3, -0.25) is 4.40 Å². The number of anilines is 1. The molecular weight excluding hydrogens is 335 g/mol. The molecule has 0 atom stereocenters. The number of nitrogens with zero attached hydrogens (tertiary/aromatic N) is 3. The summed E-state index contributed by atoms with van der Waals surface area (Å²) in [5.41, 5.74) is 3.30. The fourth-order valence-corrected chi connectivity index (χ4v) is 2.57. The molecule has 0 aliphatic heterocycles. The van der Waals surface area contributed by atoms with E-state index in [1.165, 1.54) is 12.5 Å². The largest absolute Gasteiger partial charge is 0.432 e. The number of hydrogen-bond acceptors (Lipinski definition) is 5. The van der Waals surface area contributed by atoms with Gasteiger partial charge in [-0.05, 0) is 18.2 Å². The number of nitrogen functional groups attached to an aromatic ring is 1. The smallest absolute Gasteiger partial charge is 0.306 e. The predicted octanol–water partition coefficient (Wildman–Crippen LogP) is 3.36. The highest BCUT2D eigenvalue weighted by molar-refractivity contribution is 5.81. The first-order chi connectivity index (χ1) is 12.1. The Kier molecular flexibility index (Phi) is 3.43. The summed E-state index contributed by atoms with van der Waals surface area (Å²) < 4.78 is 47.9. The summed E-state index contributed by atoms with van der Waals surface area (Å²) in [4.78, 5) is 8.29. The van der Waals surface area contributed by atoms with Crippen LogP contribution in [-0.2, 0) is 0 Å². The molecule has 3 heterocycles. The molecule has 4 rings (SSSR count). The van der Waals surface area contributed by atoms with Crippen molar-refractivity contribution in [2.75, 3.05) is 5.43 Å². The number of pyridine rings is 1. The number of hydrogen-bond donors (Lipinski definition) is 2. The normalized spacial score (nSPS) is 11.2. The molecule has 126 valence electrons. The molecule has 4 aromatic rings. The lowest BCUT2D eigenvalue weighted by molar-refractivity contribution is 0.496. The number of oxazole rings is 1. The Balaban J connectivity index is 1.99. The fraction of sp³-hybridized carbons (Fsp3) is 0. The number of rotatable bonds is 3. The molecule has 6 nitrogen and oxygen atoms in total. The highest BCUT2D eigenvalue weighted by atomic mass is 19.2. The van der Waals surface area contributed by atoms with E-state index in [0.717, 1.165) is 6.07 Å². The molecule has 0 bridgehead atoms. The predicted molar refractivity (Wildman–Crippen MR) is 83.8 cm³/mol. The Morgan fingerprint density at radius 2 is 1.88 bits per heavy atom. The lowest BCUT2D eigenvalue weighted by Crippen LogP contribution is -2.08. The summed E-state index contributed by atoms with van der Waals surface area (Å²) in [5, 5.41) is 0. The first-order valence-corrected chi connectivity index (χ1v) is 7.12. The van der Waals surface area contributed by atoms with Crippen LogP contribution < -0.4 is 11.3 Å². The standard InChI is InChI=1S/C16H10F3N5O/c17-10-6-12(19)11(18)5-9(10)14-15(24-3-4-25-16(24)22-14)8-1-2-13(23-20)21-7-8/h1-7H,20H2,(H,21,23). The number of halogens is 3. The Hall–Kier alpha value is -3.33. The van der Waals surface area contributed by atoms with Gasteiger partial charge in [0.15, 0.2) is 11.6 Å². The van der Waals surface area contributed by atoms with Crippen molar-refractivity contribution in [2.24, 2.45) is 5.84 Å². The van der Waals surface area contributed by atoms with Crippen molar-refractivity contribution >= 4 is 11.7 Å². The number of fused-ring (bicyclic) bond motifs is 1. The molecule has 0 aliphatic rings. The van der Waals surface area contributed by atoms with Crippen molar-refractivity contribution in [1.82, 2.24) is 14.4 Å². The average molecular weight is 345 g/mol. The maximum Gasteiger partial charge on any atom is 0.306 e. The van der Waals surface area contributed by atoms with Crippen molar-refractivity contribution in [3.8, 4) is 22.5 Å². The Labute approximate surface area is 138 Å². The zero-order chi connectivity index (χ0) is 17.6. The molecule has 0 fully saturated rings. The van der Waals surface area contributed by atoms with Gasteiger partial charge in [-0.15, -0.1) is 0 Å². The molecule has 0 saturated carbocycles. The molecule has 3 aromatic heterocycles. The van der Waals surface area contributed by atoms with Crippen LogP contribution in [0.15, 0.2) is 47.3 Å². The number of benzene rings is 1. The first kappa shape index (κ1) is 15.2. The quantitative estimate of drug-likeness (QED) is 0.338. The summed E-state index contributed by atoms with van der Waals surface area (Å²) in [6.07, 6.45) is 4.47. The summed E-state index contributed by atoms with van der Waals surface area (Å²) in [7, 11) is 0. The van der Waals surface area contributed by atoms with Crippen molar-refractivity contribution < 1.29 is 17.6 Å². The van der Waals surface area contributed by atoms with Crippen LogP contribution in [0.5, 0.6) is 0 Å². The minimum atomic E-state index is -1.27. The molecule has 0 radical (unpaired) electrons. The minimum Gasteiger partial charge on any atom is -0.432 e. The number of hydrazine groups is 1. The molecule has 0 spiro atoms. The van der Waals surface area contributed by atoms with Crippen LogP contribution in [-0.4, -0.2) is 14.4 Å². The second-order valence-electron chi connectivity index (χ2n) is 5.19. The number of imidazole rings is 1. The van der Waals surface area contributed by atoms with E-state index in [1.807, 2.05) is 0 Å². The van der Waals surface area contributed by atoms with Crippen LogP contribution in [0.4, 0.5) is 19.0 Å². The van der Waals surface area contributed by atoms with E-state index in [0.29, 0.717) is 23.1 Å². The van der Waals surface area contributed by atoms with Gasteiger partial charge in [-0.1, -0.05) is 0 Å². The first-order valence-electron chi connectivity index (χ1n) is 7.12. The second kappa shape index (κ2) is 5.64. The molecule has 0 unspecified atom stereocenters. The molecule has 3 N–H and O–H groups in total.